The molecule has 7 nitrogen and oxygen atoms in total. The number of nitrogens with one attached hydrogen (secondary N) is 2. The number of likely N-dealkylation sites (tertiary alicyclic amines) is 1. The van der Waals surface area contributed by atoms with Crippen LogP contribution in [-0.4, -0.2) is 41.6 Å². The van der Waals surface area contributed by atoms with Gasteiger partial charge in [-0.05, 0) is 75.4 Å². The summed E-state index contributed by atoms with van der Waals surface area (Å²) in [5, 5.41) is 6.23. The molecule has 10 heteroatoms. The number of fused-ring (bicyclic) bond motifs is 1. The topological polar surface area (TPSA) is 96.7 Å². The molecule has 2 saturated heterocycles. The van der Waals surface area contributed by atoms with Gasteiger partial charge < -0.3 is 26.0 Å². The Balaban J connectivity index is 1.58. The van der Waals surface area contributed by atoms with E-state index < -0.39 is 35.4 Å². The van der Waals surface area contributed by atoms with Gasteiger partial charge in [0.05, 0.1) is 11.5 Å². The molecule has 0 aromatic heterocycles. The summed E-state index contributed by atoms with van der Waals surface area (Å²) in [7, 11) is 0. The Kier molecular flexibility index (Phi) is 7.16. The molecule has 4 rings (SSSR count). The Morgan fingerprint density at radius 1 is 1.08 bits per heavy atom. The number of anilines is 2. The molecule has 4 N–H and O–H groups in total. The molecule has 37 heavy (non-hydrogen) atoms. The van der Waals surface area contributed by atoms with Gasteiger partial charge in [0.15, 0.2) is 0 Å². The molecule has 2 aliphatic rings. The highest BCUT2D eigenvalue weighted by atomic mass is 19.4. The predicted octanol–water partition coefficient (Wildman–Crippen LogP) is 5.12. The number of amides is 2. The third-order valence-corrected chi connectivity index (χ3v) is 6.89. The van der Waals surface area contributed by atoms with Crippen molar-refractivity contribution in [3.05, 3.63) is 59.2 Å². The summed E-state index contributed by atoms with van der Waals surface area (Å²) >= 11 is 0. The van der Waals surface area contributed by atoms with Crippen LogP contribution >= 0.6 is 0 Å². The zero-order valence-electron chi connectivity index (χ0n) is 21.4. The number of carbonyl (C=O) groups excluding carboxylic acids is 2. The first-order chi connectivity index (χ1) is 17.2. The molecule has 2 aromatic carbocycles. The van der Waals surface area contributed by atoms with Crippen molar-refractivity contribution in [2.45, 2.75) is 58.0 Å². The smallest absolute Gasteiger partial charge is 0.416 e. The SMILES string of the molecule is Cc1ccc(NC(=O)[C@H]2CC3CN(C(=O)OC(C)(C)C)CC3N[C@H]2c2ccc(N)cc2)cc1C(F)(F)F. The van der Waals surface area contributed by atoms with Gasteiger partial charge in [0, 0.05) is 36.5 Å². The van der Waals surface area contributed by atoms with Crippen LogP contribution < -0.4 is 16.4 Å². The molecule has 4 atom stereocenters. The van der Waals surface area contributed by atoms with Gasteiger partial charge >= 0.3 is 12.3 Å². The molecule has 2 fully saturated rings. The van der Waals surface area contributed by atoms with Crippen LogP contribution in [0.2, 0.25) is 0 Å². The van der Waals surface area contributed by atoms with E-state index in [0.717, 1.165) is 11.6 Å². The molecule has 0 spiro atoms. The number of benzene rings is 2. The molecule has 0 radical (unpaired) electrons. The lowest BCUT2D eigenvalue weighted by atomic mass is 9.78. The van der Waals surface area contributed by atoms with Crippen LogP contribution in [0.4, 0.5) is 29.3 Å². The minimum atomic E-state index is -4.52. The monoisotopic (exact) mass is 518 g/mol. The molecule has 200 valence electrons. The number of ether oxygens (including phenoxy) is 1. The number of hydrogen-bond donors (Lipinski definition) is 3. The standard InChI is InChI=1S/C27H33F3N4O3/c1-15-5-10-19(12-21(15)27(28,29)30)32-24(35)20-11-17-13-34(25(36)37-26(2,3)4)14-22(17)33-23(20)16-6-8-18(31)9-7-16/h5-10,12,17,20,22-23,33H,11,13-14,31H2,1-4H3,(H,32,35)/t17?,20-,22?,23-/m0/s1. The fraction of sp³-hybridized carbons (Fsp3) is 0.481. The van der Waals surface area contributed by atoms with E-state index >= 15 is 0 Å². The number of nitrogens with two attached hydrogens (primary N) is 1. The molecular weight excluding hydrogens is 485 g/mol. The summed E-state index contributed by atoms with van der Waals surface area (Å²) in [6.45, 7) is 7.66. The summed E-state index contributed by atoms with van der Waals surface area (Å²) in [5.41, 5.74) is 6.02. The van der Waals surface area contributed by atoms with Crippen molar-refractivity contribution in [3.63, 3.8) is 0 Å². The summed E-state index contributed by atoms with van der Waals surface area (Å²) < 4.78 is 45.8. The highest BCUT2D eigenvalue weighted by Crippen LogP contribution is 2.39. The Labute approximate surface area is 214 Å². The van der Waals surface area contributed by atoms with Crippen molar-refractivity contribution in [1.82, 2.24) is 10.2 Å². The lowest BCUT2D eigenvalue weighted by Gasteiger charge is -2.38. The predicted molar refractivity (Wildman–Crippen MR) is 135 cm³/mol. The van der Waals surface area contributed by atoms with E-state index in [9.17, 15) is 22.8 Å². The van der Waals surface area contributed by atoms with Crippen LogP contribution in [0, 0.1) is 18.8 Å². The quantitative estimate of drug-likeness (QED) is 0.490. The van der Waals surface area contributed by atoms with E-state index in [-0.39, 0.29) is 29.1 Å². The molecule has 0 bridgehead atoms. The number of halogens is 3. The van der Waals surface area contributed by atoms with Crippen molar-refractivity contribution < 1.29 is 27.5 Å². The highest BCUT2D eigenvalue weighted by molar-refractivity contribution is 5.93. The molecule has 2 heterocycles. The number of hydrogen-bond acceptors (Lipinski definition) is 5. The van der Waals surface area contributed by atoms with E-state index in [0.29, 0.717) is 25.2 Å². The Hall–Kier alpha value is -3.27. The zero-order chi connectivity index (χ0) is 27.1. The van der Waals surface area contributed by atoms with Crippen LogP contribution in [0.25, 0.3) is 0 Å². The minimum Gasteiger partial charge on any atom is -0.444 e. The first kappa shape index (κ1) is 26.8. The van der Waals surface area contributed by atoms with E-state index in [1.165, 1.54) is 19.1 Å². The van der Waals surface area contributed by atoms with Gasteiger partial charge in [-0.25, -0.2) is 4.79 Å². The maximum absolute atomic E-state index is 13.5. The first-order valence-corrected chi connectivity index (χ1v) is 12.3. The van der Waals surface area contributed by atoms with Crippen LogP contribution in [0.5, 0.6) is 0 Å². The number of rotatable bonds is 3. The Morgan fingerprint density at radius 3 is 2.38 bits per heavy atom. The van der Waals surface area contributed by atoms with Gasteiger partial charge in [0.25, 0.3) is 0 Å². The van der Waals surface area contributed by atoms with Crippen molar-refractivity contribution >= 4 is 23.4 Å². The van der Waals surface area contributed by atoms with Gasteiger partial charge in [0.2, 0.25) is 5.91 Å². The highest BCUT2D eigenvalue weighted by Gasteiger charge is 2.46. The second-order valence-corrected chi connectivity index (χ2v) is 10.9. The van der Waals surface area contributed by atoms with E-state index in [4.69, 9.17) is 10.5 Å². The van der Waals surface area contributed by atoms with Crippen LogP contribution in [0.3, 0.4) is 0 Å². The van der Waals surface area contributed by atoms with Crippen LogP contribution in [-0.2, 0) is 15.7 Å². The van der Waals surface area contributed by atoms with Crippen LogP contribution in [0.15, 0.2) is 42.5 Å². The molecule has 0 aliphatic carbocycles. The average molecular weight is 519 g/mol. The first-order valence-electron chi connectivity index (χ1n) is 12.3. The summed E-state index contributed by atoms with van der Waals surface area (Å²) in [4.78, 5) is 27.8. The second kappa shape index (κ2) is 9.89. The maximum Gasteiger partial charge on any atom is 0.416 e. The molecule has 2 amide bonds. The number of alkyl halides is 3. The normalized spacial score (nSPS) is 23.9. The summed E-state index contributed by atoms with van der Waals surface area (Å²) in [6.07, 6.45) is -4.48. The molecule has 2 unspecified atom stereocenters. The number of nitrogen functional groups attached to an aromatic ring is 1. The van der Waals surface area contributed by atoms with E-state index in [1.807, 2.05) is 12.1 Å². The summed E-state index contributed by atoms with van der Waals surface area (Å²) in [6, 6.07) is 10.5. The lowest BCUT2D eigenvalue weighted by molar-refractivity contribution is -0.138. The molecule has 2 aromatic rings. The van der Waals surface area contributed by atoms with Crippen LogP contribution in [0.1, 0.15) is 49.9 Å². The van der Waals surface area contributed by atoms with Crippen molar-refractivity contribution in [1.29, 1.82) is 0 Å². The number of aryl methyl sites for hydroxylation is 1. The van der Waals surface area contributed by atoms with Crippen molar-refractivity contribution in [2.75, 3.05) is 24.1 Å². The number of carbonyl (C=O) groups is 2. The van der Waals surface area contributed by atoms with Crippen molar-refractivity contribution in [3.8, 4) is 0 Å². The fourth-order valence-corrected chi connectivity index (χ4v) is 5.11. The van der Waals surface area contributed by atoms with Gasteiger partial charge in [-0.15, -0.1) is 0 Å². The zero-order valence-corrected chi connectivity index (χ0v) is 21.4. The second-order valence-electron chi connectivity index (χ2n) is 10.9. The van der Waals surface area contributed by atoms with E-state index in [1.54, 1.807) is 37.8 Å². The summed E-state index contributed by atoms with van der Waals surface area (Å²) in [5.74, 6) is -0.989. The molecule has 2 aliphatic heterocycles. The third kappa shape index (κ3) is 6.18. The largest absolute Gasteiger partial charge is 0.444 e. The third-order valence-electron chi connectivity index (χ3n) is 6.89. The molecular formula is C27H33F3N4O3. The van der Waals surface area contributed by atoms with Gasteiger partial charge in [-0.3, -0.25) is 4.79 Å². The molecule has 0 saturated carbocycles. The van der Waals surface area contributed by atoms with Crippen molar-refractivity contribution in [2.24, 2.45) is 11.8 Å². The average Bonchev–Trinajstić information content (AvgIpc) is 3.21. The fourth-order valence-electron chi connectivity index (χ4n) is 5.11. The van der Waals surface area contributed by atoms with Gasteiger partial charge in [-0.1, -0.05) is 18.2 Å². The number of nitrogens with zero attached hydrogens (tertiary/aromatic N) is 1. The Morgan fingerprint density at radius 2 is 1.76 bits per heavy atom. The van der Waals surface area contributed by atoms with Gasteiger partial charge in [0.1, 0.15) is 5.60 Å². The van der Waals surface area contributed by atoms with E-state index in [2.05, 4.69) is 10.6 Å². The Bertz CT molecular complexity index is 1160. The van der Waals surface area contributed by atoms with Gasteiger partial charge in [-0.2, -0.15) is 13.2 Å². The maximum atomic E-state index is 13.5. The lowest BCUT2D eigenvalue weighted by Crippen LogP contribution is -2.50. The minimum absolute atomic E-state index is 0.0166. The number of piperidine rings is 1.